The van der Waals surface area contributed by atoms with E-state index in [0.717, 1.165) is 4.90 Å². The number of hydrogen-bond acceptors (Lipinski definition) is 10. The summed E-state index contributed by atoms with van der Waals surface area (Å²) in [5.41, 5.74) is -3.83. The molecule has 7 atom stereocenters. The van der Waals surface area contributed by atoms with Gasteiger partial charge in [-0.1, -0.05) is 37.6 Å². The first-order valence-electron chi connectivity index (χ1n) is 21.4. The first-order chi connectivity index (χ1) is 30.5. The Balaban J connectivity index is 1.32. The number of nitrogens with one attached hydrogen (secondary N) is 2. The third kappa shape index (κ3) is 9.53. The summed E-state index contributed by atoms with van der Waals surface area (Å²) in [6.45, 7) is 4.32. The topological polar surface area (TPSA) is 194 Å². The molecule has 3 N–H and O–H groups in total. The number of hydrogen-bond donors (Lipinski definition) is 3. The number of carboxylic acid groups (broad SMARTS) is 1. The maximum absolute atomic E-state index is 15.2. The van der Waals surface area contributed by atoms with E-state index in [9.17, 15) is 41.1 Å². The molecule has 0 spiro atoms. The summed E-state index contributed by atoms with van der Waals surface area (Å²) in [6, 6.07) is 8.49. The second-order valence-corrected chi connectivity index (χ2v) is 20.5. The predicted octanol–water partition coefficient (Wildman–Crippen LogP) is 7.11. The van der Waals surface area contributed by atoms with Crippen LogP contribution in [0.25, 0.3) is 22.0 Å². The maximum Gasteiger partial charge on any atom is 0.411 e. The summed E-state index contributed by atoms with van der Waals surface area (Å²) in [5, 5.41) is 14.0. The van der Waals surface area contributed by atoms with Crippen LogP contribution in [0, 0.1) is 17.8 Å². The summed E-state index contributed by atoms with van der Waals surface area (Å²) >= 11 is 6.49. The molecule has 0 unspecified atom stereocenters. The van der Waals surface area contributed by atoms with Gasteiger partial charge in [0.15, 0.2) is 0 Å². The van der Waals surface area contributed by atoms with Crippen molar-refractivity contribution >= 4 is 56.2 Å². The quantitative estimate of drug-likeness (QED) is 0.176. The Kier molecular flexibility index (Phi) is 13.1. The second kappa shape index (κ2) is 17.8. The summed E-state index contributed by atoms with van der Waals surface area (Å²) in [6.07, 6.45) is -3.07. The van der Waals surface area contributed by atoms with Crippen molar-refractivity contribution in [3.63, 3.8) is 0 Å². The van der Waals surface area contributed by atoms with E-state index >= 15 is 4.79 Å². The van der Waals surface area contributed by atoms with Crippen LogP contribution >= 0.6 is 11.6 Å². The van der Waals surface area contributed by atoms with Crippen LogP contribution in [0.2, 0.25) is 5.02 Å². The highest BCUT2D eigenvalue weighted by molar-refractivity contribution is 7.91. The van der Waals surface area contributed by atoms with Crippen molar-refractivity contribution in [3.8, 4) is 28.6 Å². The van der Waals surface area contributed by atoms with E-state index in [-0.39, 0.29) is 36.0 Å². The average Bonchev–Trinajstić information content (AvgIpc) is 4.16. The molecule has 0 bridgehead atoms. The number of amides is 4. The lowest BCUT2D eigenvalue weighted by Crippen LogP contribution is -2.66. The van der Waals surface area contributed by atoms with Gasteiger partial charge < -0.3 is 29.5 Å². The molecule has 2 aliphatic carbocycles. The number of alkyl halides is 3. The van der Waals surface area contributed by atoms with E-state index in [1.165, 1.54) is 21.1 Å². The molecule has 2 saturated carbocycles. The Hall–Kier alpha value is -5.30. The Morgan fingerprint density at radius 1 is 1.03 bits per heavy atom. The Bertz CT molecular complexity index is 2520. The number of halogens is 4. The van der Waals surface area contributed by atoms with Gasteiger partial charge in [0.2, 0.25) is 27.7 Å². The number of carbonyl (C=O) groups is 4. The first-order valence-corrected chi connectivity index (χ1v) is 23.4. The van der Waals surface area contributed by atoms with Crippen molar-refractivity contribution in [2.45, 2.75) is 113 Å². The van der Waals surface area contributed by atoms with E-state index in [1.54, 1.807) is 54.6 Å². The minimum absolute atomic E-state index is 0.0329. The van der Waals surface area contributed by atoms with Crippen molar-refractivity contribution in [1.82, 2.24) is 24.8 Å². The maximum atomic E-state index is 15.2. The fraction of sp³-hybridized carbons (Fsp3) is 0.533. The number of nitrogens with zero attached hydrogens (tertiary/aromatic N) is 3. The molecule has 2 aliphatic heterocycles. The Labute approximate surface area is 380 Å². The molecule has 352 valence electrons. The van der Waals surface area contributed by atoms with Crippen LogP contribution in [-0.2, 0) is 24.4 Å². The van der Waals surface area contributed by atoms with Crippen molar-refractivity contribution in [2.24, 2.45) is 17.8 Å². The van der Waals surface area contributed by atoms with Crippen molar-refractivity contribution in [2.75, 3.05) is 20.8 Å². The van der Waals surface area contributed by atoms with Crippen LogP contribution in [-0.4, -0.2) is 114 Å². The number of methoxy groups -OCH3 is 2. The van der Waals surface area contributed by atoms with Gasteiger partial charge in [0.05, 0.1) is 36.7 Å². The highest BCUT2D eigenvalue weighted by atomic mass is 35.5. The molecular formula is C45H53ClF3N5O10S. The van der Waals surface area contributed by atoms with Crippen LogP contribution in [0.3, 0.4) is 0 Å². The van der Waals surface area contributed by atoms with E-state index in [4.69, 9.17) is 30.8 Å². The third-order valence-corrected chi connectivity index (χ3v) is 15.2. The minimum Gasteiger partial charge on any atom is -0.497 e. The van der Waals surface area contributed by atoms with Gasteiger partial charge in [-0.2, -0.15) is 13.2 Å². The lowest BCUT2D eigenvalue weighted by atomic mass is 9.85. The van der Waals surface area contributed by atoms with Gasteiger partial charge in [-0.15, -0.1) is 0 Å². The molecule has 65 heavy (non-hydrogen) atoms. The van der Waals surface area contributed by atoms with Gasteiger partial charge in [-0.3, -0.25) is 24.0 Å². The second-order valence-electron chi connectivity index (χ2n) is 18.2. The molecule has 2 aromatic carbocycles. The number of aromatic nitrogens is 1. The molecule has 15 nitrogen and oxygen atoms in total. The monoisotopic (exact) mass is 947 g/mol. The Morgan fingerprint density at radius 3 is 2.38 bits per heavy atom. The van der Waals surface area contributed by atoms with Gasteiger partial charge in [-0.05, 0) is 112 Å². The molecule has 4 amide bonds. The van der Waals surface area contributed by atoms with Crippen molar-refractivity contribution in [1.29, 1.82) is 0 Å². The van der Waals surface area contributed by atoms with Gasteiger partial charge in [0, 0.05) is 23.3 Å². The zero-order valence-corrected chi connectivity index (χ0v) is 38.4. The van der Waals surface area contributed by atoms with Gasteiger partial charge >= 0.3 is 12.3 Å². The highest BCUT2D eigenvalue weighted by Gasteiger charge is 2.63. The predicted molar refractivity (Wildman–Crippen MR) is 234 cm³/mol. The number of sulfonamides is 1. The fourth-order valence-corrected chi connectivity index (χ4v) is 10.7. The molecule has 4 aliphatic rings. The van der Waals surface area contributed by atoms with Crippen LogP contribution in [0.1, 0.15) is 72.6 Å². The number of rotatable bonds is 10. The number of pyridine rings is 1. The summed E-state index contributed by atoms with van der Waals surface area (Å²) in [5.74, 6) is -3.76. The van der Waals surface area contributed by atoms with Crippen LogP contribution in [0.15, 0.2) is 54.6 Å². The molecule has 3 heterocycles. The SMILES string of the molecule is COc1ccc2c(O[C@@H]3C[C@H]4C(=O)N[C@]5(C(=O)NS(=O)(=O)C6CC6)C[C@H]5C=CCC[C@@H](C)C[C@@H](C)[C@H](N(C(=O)O)C(C)(C)C(F)(F)F)C(=O)N4C3)nc(-c3ccc(OC)c(Cl)c3)cc2c1. The van der Waals surface area contributed by atoms with Gasteiger partial charge in [-0.25, -0.2) is 18.2 Å². The van der Waals surface area contributed by atoms with Crippen LogP contribution in [0.4, 0.5) is 18.0 Å². The number of carbonyl (C=O) groups excluding carboxylic acids is 3. The zero-order chi connectivity index (χ0) is 47.4. The number of allylic oxidation sites excluding steroid dienone is 1. The smallest absolute Gasteiger partial charge is 0.411 e. The first kappa shape index (κ1) is 47.7. The molecule has 1 aromatic heterocycles. The molecule has 1 saturated heterocycles. The van der Waals surface area contributed by atoms with Gasteiger partial charge in [0.25, 0.3) is 5.91 Å². The minimum atomic E-state index is -5.12. The van der Waals surface area contributed by atoms with E-state index < -0.39 is 92.9 Å². The third-order valence-electron chi connectivity index (χ3n) is 13.1. The Morgan fingerprint density at radius 2 is 1.75 bits per heavy atom. The lowest BCUT2D eigenvalue weighted by molar-refractivity contribution is -0.222. The van der Waals surface area contributed by atoms with Crippen LogP contribution < -0.4 is 24.2 Å². The van der Waals surface area contributed by atoms with E-state index in [1.807, 2.05) is 6.92 Å². The molecule has 3 fully saturated rings. The van der Waals surface area contributed by atoms with Crippen molar-refractivity contribution < 1.29 is 60.1 Å². The number of fused-ring (bicyclic) bond motifs is 3. The van der Waals surface area contributed by atoms with E-state index in [0.29, 0.717) is 78.1 Å². The lowest BCUT2D eigenvalue weighted by Gasteiger charge is -2.45. The molecule has 20 heteroatoms. The highest BCUT2D eigenvalue weighted by Crippen LogP contribution is 2.47. The zero-order valence-electron chi connectivity index (χ0n) is 36.8. The fourth-order valence-electron chi connectivity index (χ4n) is 9.04. The number of benzene rings is 2. The standard InChI is InChI=1S/C45H53ClF3N5O10S/c1-24-9-7-8-10-28-22-44(28,41(57)52-65(60,61)31-13-14-31)51-38(55)35-21-30(23-53(35)40(56)37(25(2)17-24)54(42(58)59)43(3,4)45(47,48)49)64-39-32-15-12-29(62-5)18-27(32)20-34(50-39)26-11-16-36(63-6)33(46)19-26/h8,10-12,15-16,18-20,24-25,28,30-31,35,37H,7,9,13-14,17,21-23H2,1-6H3,(H,51,55)(H,52,57)(H,58,59)/t24-,25-,28-,30-,35+,37+,44-/m1/s1. The molecular weight excluding hydrogens is 895 g/mol. The number of ether oxygens (including phenoxy) is 3. The average molecular weight is 948 g/mol. The summed E-state index contributed by atoms with van der Waals surface area (Å²) in [7, 11) is -1.08. The summed E-state index contributed by atoms with van der Waals surface area (Å²) in [4.78, 5) is 63.0. The summed E-state index contributed by atoms with van der Waals surface area (Å²) < 4.78 is 90.1. The van der Waals surface area contributed by atoms with Crippen molar-refractivity contribution in [3.05, 3.63) is 59.6 Å². The van der Waals surface area contributed by atoms with E-state index in [2.05, 4.69) is 10.0 Å². The molecule has 0 radical (unpaired) electrons. The normalized spacial score (nSPS) is 26.5. The van der Waals surface area contributed by atoms with Crippen LogP contribution in [0.5, 0.6) is 17.4 Å². The molecule has 7 rings (SSSR count). The molecule has 3 aromatic rings. The van der Waals surface area contributed by atoms with Gasteiger partial charge in [0.1, 0.15) is 40.8 Å². The largest absolute Gasteiger partial charge is 0.497 e.